The normalized spacial score (nSPS) is 22.0. The van der Waals surface area contributed by atoms with Crippen molar-refractivity contribution >= 4 is 5.91 Å². The van der Waals surface area contributed by atoms with Crippen LogP contribution in [-0.4, -0.2) is 41.2 Å². The summed E-state index contributed by atoms with van der Waals surface area (Å²) in [6, 6.07) is 7.78. The first-order valence-electron chi connectivity index (χ1n) is 8.26. The Morgan fingerprint density at radius 1 is 1.25 bits per heavy atom. The van der Waals surface area contributed by atoms with Crippen LogP contribution in [-0.2, 0) is 16.0 Å². The number of hydrogen-bond acceptors (Lipinski definition) is 5. The van der Waals surface area contributed by atoms with Gasteiger partial charge in [-0.15, -0.1) is 0 Å². The van der Waals surface area contributed by atoms with Crippen LogP contribution in [0.3, 0.4) is 0 Å². The third kappa shape index (κ3) is 2.97. The first-order chi connectivity index (χ1) is 11.8. The highest BCUT2D eigenvalue weighted by Gasteiger charge is 2.28. The summed E-state index contributed by atoms with van der Waals surface area (Å²) in [7, 11) is 0. The molecule has 2 atom stereocenters. The fraction of sp³-hybridized carbons (Fsp3) is 0.389. The van der Waals surface area contributed by atoms with Gasteiger partial charge in [-0.2, -0.15) is 0 Å². The van der Waals surface area contributed by atoms with E-state index in [1.807, 2.05) is 18.2 Å². The second-order valence-corrected chi connectivity index (χ2v) is 6.06. The number of aromatic nitrogens is 2. The van der Waals surface area contributed by atoms with Gasteiger partial charge in [-0.25, -0.2) is 9.97 Å². The average molecular weight is 325 g/mol. The summed E-state index contributed by atoms with van der Waals surface area (Å²) in [4.78, 5) is 20.7. The zero-order valence-electron chi connectivity index (χ0n) is 13.3. The van der Waals surface area contributed by atoms with Gasteiger partial charge in [0.25, 0.3) is 0 Å². The first-order valence-corrected chi connectivity index (χ1v) is 8.26. The van der Waals surface area contributed by atoms with Crippen molar-refractivity contribution in [1.29, 1.82) is 0 Å². The molecule has 1 N–H and O–H groups in total. The topological polar surface area (TPSA) is 73.3 Å². The Morgan fingerprint density at radius 3 is 2.92 bits per heavy atom. The van der Waals surface area contributed by atoms with E-state index >= 15 is 0 Å². The average Bonchev–Trinajstić information content (AvgIpc) is 3.29. The van der Waals surface area contributed by atoms with Gasteiger partial charge in [0.15, 0.2) is 5.82 Å². The van der Waals surface area contributed by atoms with E-state index in [0.29, 0.717) is 19.0 Å². The van der Waals surface area contributed by atoms with Gasteiger partial charge in [-0.3, -0.25) is 4.79 Å². The second-order valence-electron chi connectivity index (χ2n) is 6.06. The molecule has 0 saturated carbocycles. The number of hydrogen-bond donors (Lipinski definition) is 1. The molecule has 6 nitrogen and oxygen atoms in total. The highest BCUT2D eigenvalue weighted by atomic mass is 16.5. The van der Waals surface area contributed by atoms with Crippen LogP contribution in [0.4, 0.5) is 0 Å². The van der Waals surface area contributed by atoms with Crippen molar-refractivity contribution in [3.05, 3.63) is 42.2 Å². The van der Waals surface area contributed by atoms with Gasteiger partial charge in [0.1, 0.15) is 18.0 Å². The molecule has 1 aromatic heterocycles. The van der Waals surface area contributed by atoms with Crippen molar-refractivity contribution in [3.8, 4) is 17.1 Å². The smallest absolute Gasteiger partial charge is 0.249 e. The summed E-state index contributed by atoms with van der Waals surface area (Å²) in [6.45, 7) is 1.15. The number of fused-ring (bicyclic) bond motifs is 1. The molecule has 2 aliphatic rings. The zero-order chi connectivity index (χ0) is 16.4. The van der Waals surface area contributed by atoms with Gasteiger partial charge in [0, 0.05) is 25.4 Å². The SMILES string of the molecule is O=C(NCC1Cc2cccc(-c3ncccn3)c2O1)C1CCCO1. The van der Waals surface area contributed by atoms with Crippen LogP contribution in [0.5, 0.6) is 5.75 Å². The highest BCUT2D eigenvalue weighted by Crippen LogP contribution is 2.37. The summed E-state index contributed by atoms with van der Waals surface area (Å²) < 4.78 is 11.5. The van der Waals surface area contributed by atoms with E-state index in [0.717, 1.165) is 36.1 Å². The van der Waals surface area contributed by atoms with Gasteiger partial charge >= 0.3 is 0 Å². The van der Waals surface area contributed by atoms with Crippen LogP contribution in [0, 0.1) is 0 Å². The first kappa shape index (κ1) is 15.1. The molecule has 1 saturated heterocycles. The van der Waals surface area contributed by atoms with E-state index in [1.54, 1.807) is 18.5 Å². The molecule has 0 bridgehead atoms. The molecule has 3 heterocycles. The Hall–Kier alpha value is -2.47. The maximum absolute atomic E-state index is 12.1. The summed E-state index contributed by atoms with van der Waals surface area (Å²) in [5, 5.41) is 2.94. The molecular formula is C18H19N3O3. The predicted molar refractivity (Wildman–Crippen MR) is 87.6 cm³/mol. The number of benzene rings is 1. The second kappa shape index (κ2) is 6.57. The molecule has 1 fully saturated rings. The van der Waals surface area contributed by atoms with E-state index < -0.39 is 0 Å². The van der Waals surface area contributed by atoms with Crippen LogP contribution < -0.4 is 10.1 Å². The Morgan fingerprint density at radius 2 is 2.12 bits per heavy atom. The lowest BCUT2D eigenvalue weighted by Crippen LogP contribution is -2.40. The molecule has 0 radical (unpaired) electrons. The van der Waals surface area contributed by atoms with Crippen molar-refractivity contribution in [2.24, 2.45) is 0 Å². The molecule has 24 heavy (non-hydrogen) atoms. The molecule has 1 amide bonds. The maximum atomic E-state index is 12.1. The fourth-order valence-electron chi connectivity index (χ4n) is 3.18. The monoisotopic (exact) mass is 325 g/mol. The summed E-state index contributed by atoms with van der Waals surface area (Å²) in [5.74, 6) is 1.43. The Balaban J connectivity index is 1.43. The molecule has 1 aromatic carbocycles. The molecule has 2 unspecified atom stereocenters. The van der Waals surface area contributed by atoms with E-state index in [1.165, 1.54) is 0 Å². The van der Waals surface area contributed by atoms with Crippen LogP contribution in [0.1, 0.15) is 18.4 Å². The number of ether oxygens (including phenoxy) is 2. The minimum absolute atomic E-state index is 0.0429. The third-order valence-corrected chi connectivity index (χ3v) is 4.36. The van der Waals surface area contributed by atoms with Crippen molar-refractivity contribution in [3.63, 3.8) is 0 Å². The van der Waals surface area contributed by atoms with Gasteiger partial charge in [0.2, 0.25) is 5.91 Å². The van der Waals surface area contributed by atoms with Crippen molar-refractivity contribution in [2.75, 3.05) is 13.2 Å². The molecule has 4 rings (SSSR count). The molecule has 124 valence electrons. The van der Waals surface area contributed by atoms with Gasteiger partial charge < -0.3 is 14.8 Å². The number of nitrogens with one attached hydrogen (secondary N) is 1. The standard InChI is InChI=1S/C18H19N3O3/c22-18(15-6-2-9-23-15)21-11-13-10-12-4-1-5-14(16(12)24-13)17-19-7-3-8-20-17/h1,3-5,7-8,13,15H,2,6,9-11H2,(H,21,22). The van der Waals surface area contributed by atoms with Crippen LogP contribution in [0.2, 0.25) is 0 Å². The summed E-state index contributed by atoms with van der Waals surface area (Å²) >= 11 is 0. The fourth-order valence-corrected chi connectivity index (χ4v) is 3.18. The number of carbonyl (C=O) groups excluding carboxylic acids is 1. The Bertz CT molecular complexity index is 730. The van der Waals surface area contributed by atoms with Crippen LogP contribution in [0.15, 0.2) is 36.7 Å². The Kier molecular flexibility index (Phi) is 4.13. The van der Waals surface area contributed by atoms with Crippen molar-refractivity contribution in [1.82, 2.24) is 15.3 Å². The minimum Gasteiger partial charge on any atom is -0.487 e. The largest absolute Gasteiger partial charge is 0.487 e. The minimum atomic E-state index is -0.304. The maximum Gasteiger partial charge on any atom is 0.249 e. The van der Waals surface area contributed by atoms with Crippen LogP contribution >= 0.6 is 0 Å². The predicted octanol–water partition coefficient (Wildman–Crippen LogP) is 1.74. The number of rotatable bonds is 4. The van der Waals surface area contributed by atoms with Crippen LogP contribution in [0.25, 0.3) is 11.4 Å². The Labute approximate surface area is 140 Å². The van der Waals surface area contributed by atoms with E-state index in [-0.39, 0.29) is 18.1 Å². The molecule has 2 aliphatic heterocycles. The lowest BCUT2D eigenvalue weighted by Gasteiger charge is -2.15. The van der Waals surface area contributed by atoms with E-state index in [4.69, 9.17) is 9.47 Å². The molecule has 0 spiro atoms. The molecule has 6 heteroatoms. The highest BCUT2D eigenvalue weighted by molar-refractivity contribution is 5.81. The van der Waals surface area contributed by atoms with Gasteiger partial charge in [-0.1, -0.05) is 12.1 Å². The van der Waals surface area contributed by atoms with Crippen molar-refractivity contribution < 1.29 is 14.3 Å². The molecular weight excluding hydrogens is 306 g/mol. The molecule has 0 aliphatic carbocycles. The van der Waals surface area contributed by atoms with E-state index in [9.17, 15) is 4.79 Å². The summed E-state index contributed by atoms with van der Waals surface area (Å²) in [6.07, 6.45) is 5.57. The third-order valence-electron chi connectivity index (χ3n) is 4.36. The number of nitrogens with zero attached hydrogens (tertiary/aromatic N) is 2. The number of para-hydroxylation sites is 1. The van der Waals surface area contributed by atoms with Gasteiger partial charge in [0.05, 0.1) is 12.1 Å². The van der Waals surface area contributed by atoms with Gasteiger partial charge in [-0.05, 0) is 30.5 Å². The quantitative estimate of drug-likeness (QED) is 0.927. The van der Waals surface area contributed by atoms with Crippen molar-refractivity contribution in [2.45, 2.75) is 31.5 Å². The summed E-state index contributed by atoms with van der Waals surface area (Å²) in [5.41, 5.74) is 2.01. The van der Waals surface area contributed by atoms with E-state index in [2.05, 4.69) is 15.3 Å². The number of amides is 1. The molecule has 2 aromatic rings. The lowest BCUT2D eigenvalue weighted by molar-refractivity contribution is -0.130. The lowest BCUT2D eigenvalue weighted by atomic mass is 10.1. The zero-order valence-corrected chi connectivity index (χ0v) is 13.3. The number of carbonyl (C=O) groups is 1.